The fourth-order valence-electron chi connectivity index (χ4n) is 5.11. The van der Waals surface area contributed by atoms with Gasteiger partial charge in [0.1, 0.15) is 11.4 Å². The van der Waals surface area contributed by atoms with Crippen LogP contribution in [0.2, 0.25) is 0 Å². The highest BCUT2D eigenvalue weighted by Gasteiger charge is 2.30. The number of hydrogen-bond acceptors (Lipinski definition) is 3. The van der Waals surface area contributed by atoms with E-state index < -0.39 is 5.82 Å². The second-order valence-corrected chi connectivity index (χ2v) is 8.66. The molecule has 1 aromatic rings. The van der Waals surface area contributed by atoms with Gasteiger partial charge in [-0.2, -0.15) is 4.99 Å². The number of aliphatic imine (C=N–C) groups is 1. The van der Waals surface area contributed by atoms with Crippen LogP contribution in [0.4, 0.5) is 10.1 Å². The lowest BCUT2D eigenvalue weighted by Gasteiger charge is -2.37. The lowest BCUT2D eigenvalue weighted by Crippen LogP contribution is -2.27. The van der Waals surface area contributed by atoms with Crippen molar-refractivity contribution in [3.63, 3.8) is 0 Å². The highest BCUT2D eigenvalue weighted by atomic mass is 32.1. The summed E-state index contributed by atoms with van der Waals surface area (Å²) in [5.74, 6) is 3.65. The summed E-state index contributed by atoms with van der Waals surface area (Å²) < 4.78 is 19.7. The molecule has 27 heavy (non-hydrogen) atoms. The molecule has 0 unspecified atom stereocenters. The SMILES string of the molecule is CCC[C@H]1CC[C@H](C2CCC(COc3ccc(N=C=S)c(F)c3)CC2)CC1. The minimum atomic E-state index is -0.410. The summed E-state index contributed by atoms with van der Waals surface area (Å²) in [4.78, 5) is 3.70. The van der Waals surface area contributed by atoms with Crippen LogP contribution >= 0.6 is 12.2 Å². The molecule has 0 N–H and O–H groups in total. The van der Waals surface area contributed by atoms with E-state index in [1.54, 1.807) is 12.1 Å². The Morgan fingerprint density at radius 3 is 2.22 bits per heavy atom. The second-order valence-electron chi connectivity index (χ2n) is 8.48. The van der Waals surface area contributed by atoms with Crippen molar-refractivity contribution in [2.45, 2.75) is 71.1 Å². The molecule has 2 aliphatic rings. The van der Waals surface area contributed by atoms with Crippen LogP contribution in [0, 0.1) is 29.5 Å². The Hall–Kier alpha value is -1.25. The highest BCUT2D eigenvalue weighted by Crippen LogP contribution is 2.42. The maximum Gasteiger partial charge on any atom is 0.153 e. The van der Waals surface area contributed by atoms with E-state index in [2.05, 4.69) is 29.3 Å². The third kappa shape index (κ3) is 5.86. The lowest BCUT2D eigenvalue weighted by molar-refractivity contribution is 0.122. The zero-order chi connectivity index (χ0) is 19.1. The van der Waals surface area contributed by atoms with Crippen LogP contribution in [0.1, 0.15) is 71.1 Å². The fraction of sp³-hybridized carbons (Fsp3) is 0.696. The molecular weight excluding hydrogens is 357 g/mol. The van der Waals surface area contributed by atoms with Gasteiger partial charge < -0.3 is 4.74 Å². The molecule has 0 amide bonds. The van der Waals surface area contributed by atoms with Gasteiger partial charge in [-0.3, -0.25) is 0 Å². The Morgan fingerprint density at radius 1 is 1.04 bits per heavy atom. The third-order valence-corrected chi connectivity index (χ3v) is 6.81. The zero-order valence-corrected chi connectivity index (χ0v) is 17.3. The normalized spacial score (nSPS) is 28.4. The topological polar surface area (TPSA) is 21.6 Å². The molecule has 0 atom stereocenters. The number of halogens is 1. The first-order valence-electron chi connectivity index (χ1n) is 10.7. The smallest absolute Gasteiger partial charge is 0.153 e. The molecule has 3 rings (SSSR count). The van der Waals surface area contributed by atoms with Crippen molar-refractivity contribution in [2.24, 2.45) is 28.7 Å². The van der Waals surface area contributed by atoms with Crippen LogP contribution in [0.15, 0.2) is 23.2 Å². The van der Waals surface area contributed by atoms with Gasteiger partial charge in [0.15, 0.2) is 5.82 Å². The Morgan fingerprint density at radius 2 is 1.67 bits per heavy atom. The Balaban J connectivity index is 1.40. The lowest BCUT2D eigenvalue weighted by atomic mass is 9.69. The van der Waals surface area contributed by atoms with Crippen LogP contribution in [0.3, 0.4) is 0 Å². The third-order valence-electron chi connectivity index (χ3n) is 6.72. The number of thiocarbonyl (C=S) groups is 1. The van der Waals surface area contributed by atoms with Crippen molar-refractivity contribution in [3.05, 3.63) is 24.0 Å². The first-order valence-corrected chi connectivity index (χ1v) is 11.1. The molecule has 0 radical (unpaired) electrons. The van der Waals surface area contributed by atoms with Crippen LogP contribution in [0.5, 0.6) is 5.75 Å². The van der Waals surface area contributed by atoms with E-state index in [4.69, 9.17) is 4.74 Å². The predicted molar refractivity (Wildman–Crippen MR) is 112 cm³/mol. The number of benzene rings is 1. The van der Waals surface area contributed by atoms with Crippen molar-refractivity contribution >= 4 is 23.1 Å². The second kappa shape index (κ2) is 10.3. The zero-order valence-electron chi connectivity index (χ0n) is 16.5. The van der Waals surface area contributed by atoms with E-state index in [1.807, 2.05) is 0 Å². The maximum atomic E-state index is 13.9. The summed E-state index contributed by atoms with van der Waals surface area (Å²) in [6.07, 6.45) is 13.8. The predicted octanol–water partition coefficient (Wildman–Crippen LogP) is 7.35. The van der Waals surface area contributed by atoms with E-state index in [0.717, 1.165) is 17.8 Å². The average Bonchev–Trinajstić information content (AvgIpc) is 2.70. The van der Waals surface area contributed by atoms with Gasteiger partial charge in [-0.05, 0) is 86.5 Å². The molecule has 0 bridgehead atoms. The van der Waals surface area contributed by atoms with Crippen molar-refractivity contribution in [3.8, 4) is 5.75 Å². The summed E-state index contributed by atoms with van der Waals surface area (Å²) in [5, 5.41) is 2.20. The molecule has 2 fully saturated rings. The van der Waals surface area contributed by atoms with E-state index in [-0.39, 0.29) is 5.69 Å². The molecule has 148 valence electrons. The van der Waals surface area contributed by atoms with Gasteiger partial charge in [0.05, 0.1) is 11.8 Å². The summed E-state index contributed by atoms with van der Waals surface area (Å²) in [5.41, 5.74) is 0.214. The largest absolute Gasteiger partial charge is 0.493 e. The number of rotatable bonds is 7. The minimum Gasteiger partial charge on any atom is -0.493 e. The Bertz CT molecular complexity index is 642. The highest BCUT2D eigenvalue weighted by molar-refractivity contribution is 7.78. The van der Waals surface area contributed by atoms with Gasteiger partial charge in [-0.25, -0.2) is 4.39 Å². The molecule has 0 spiro atoms. The molecule has 0 aliphatic heterocycles. The van der Waals surface area contributed by atoms with Gasteiger partial charge in [-0.1, -0.05) is 32.6 Å². The number of nitrogens with zero attached hydrogens (tertiary/aromatic N) is 1. The quantitative estimate of drug-likeness (QED) is 0.359. The summed E-state index contributed by atoms with van der Waals surface area (Å²) in [7, 11) is 0. The van der Waals surface area contributed by atoms with E-state index in [0.29, 0.717) is 18.3 Å². The molecule has 2 nitrogen and oxygen atoms in total. The molecular formula is C23H32FNOS. The standard InChI is InChI=1S/C23H32FNOS/c1-2-3-17-4-8-19(9-5-17)20-10-6-18(7-11-20)15-26-21-12-13-23(25-16-27)22(24)14-21/h12-14,17-20H,2-11,15H2,1H3/t17-,18?,19-,20?. The van der Waals surface area contributed by atoms with Crippen molar-refractivity contribution in [1.29, 1.82) is 0 Å². The number of ether oxygens (including phenoxy) is 1. The summed E-state index contributed by atoms with van der Waals surface area (Å²) in [6.45, 7) is 3.00. The average molecular weight is 390 g/mol. The van der Waals surface area contributed by atoms with Gasteiger partial charge in [0.25, 0.3) is 0 Å². The number of isothiocyanates is 1. The first kappa shape index (κ1) is 20.5. The molecule has 2 saturated carbocycles. The van der Waals surface area contributed by atoms with Gasteiger partial charge >= 0.3 is 0 Å². The molecule has 1 aromatic carbocycles. The van der Waals surface area contributed by atoms with Crippen molar-refractivity contribution < 1.29 is 9.13 Å². The van der Waals surface area contributed by atoms with Crippen LogP contribution in [-0.2, 0) is 0 Å². The fourth-order valence-corrected chi connectivity index (χ4v) is 5.21. The minimum absolute atomic E-state index is 0.214. The molecule has 4 heteroatoms. The Labute approximate surface area is 168 Å². The molecule has 0 heterocycles. The van der Waals surface area contributed by atoms with Gasteiger partial charge in [-0.15, -0.1) is 0 Å². The monoisotopic (exact) mass is 389 g/mol. The first-order chi connectivity index (χ1) is 13.2. The van der Waals surface area contributed by atoms with E-state index >= 15 is 0 Å². The van der Waals surface area contributed by atoms with Crippen molar-refractivity contribution in [1.82, 2.24) is 0 Å². The summed E-state index contributed by atoms with van der Waals surface area (Å²) >= 11 is 4.52. The van der Waals surface area contributed by atoms with Crippen LogP contribution in [0.25, 0.3) is 0 Å². The van der Waals surface area contributed by atoms with Gasteiger partial charge in [0, 0.05) is 6.07 Å². The van der Waals surface area contributed by atoms with E-state index in [9.17, 15) is 4.39 Å². The van der Waals surface area contributed by atoms with E-state index in [1.165, 1.54) is 70.3 Å². The van der Waals surface area contributed by atoms with Crippen LogP contribution < -0.4 is 4.74 Å². The molecule has 0 aromatic heterocycles. The maximum absolute atomic E-state index is 13.9. The molecule has 2 aliphatic carbocycles. The van der Waals surface area contributed by atoms with Crippen LogP contribution in [-0.4, -0.2) is 11.8 Å². The number of hydrogen-bond donors (Lipinski definition) is 0. The van der Waals surface area contributed by atoms with Crippen molar-refractivity contribution in [2.75, 3.05) is 6.61 Å². The molecule has 0 saturated heterocycles. The Kier molecular flexibility index (Phi) is 7.84. The van der Waals surface area contributed by atoms with Gasteiger partial charge in [0.2, 0.25) is 0 Å². The summed E-state index contributed by atoms with van der Waals surface area (Å²) in [6, 6.07) is 4.75.